The molecule has 0 unspecified atom stereocenters. The first-order chi connectivity index (χ1) is 9.29. The summed E-state index contributed by atoms with van der Waals surface area (Å²) in [5, 5.41) is 11.0. The number of allylic oxidation sites excluding steroid dienone is 1. The van der Waals surface area contributed by atoms with Crippen molar-refractivity contribution < 1.29 is 22.9 Å². The summed E-state index contributed by atoms with van der Waals surface area (Å²) >= 11 is 0. The first-order valence-electron chi connectivity index (χ1n) is 5.34. The predicted molar refractivity (Wildman–Crippen MR) is 65.0 cm³/mol. The second-order valence-electron chi connectivity index (χ2n) is 3.93. The van der Waals surface area contributed by atoms with Gasteiger partial charge in [0.1, 0.15) is 0 Å². The number of H-pyrrole nitrogens is 1. The summed E-state index contributed by atoms with van der Waals surface area (Å²) in [6.45, 7) is 0. The molecule has 1 aromatic heterocycles. The van der Waals surface area contributed by atoms with Crippen LogP contribution in [0.25, 0.3) is 17.0 Å². The highest BCUT2D eigenvalue weighted by Crippen LogP contribution is 2.25. The van der Waals surface area contributed by atoms with Crippen molar-refractivity contribution in [2.45, 2.75) is 6.18 Å². The van der Waals surface area contributed by atoms with E-state index in [1.807, 2.05) is 0 Å². The summed E-state index contributed by atoms with van der Waals surface area (Å²) in [4.78, 5) is 23.5. The van der Waals surface area contributed by atoms with E-state index < -0.39 is 16.9 Å². The van der Waals surface area contributed by atoms with E-state index in [-0.39, 0.29) is 11.3 Å². The number of hydrogen-bond donors (Lipinski definition) is 1. The average molecular weight is 284 g/mol. The SMILES string of the molecule is O=C(/C=C/c1c[nH]c2ccc([N+](=O)[O-])cc12)C(F)(F)F. The fourth-order valence-electron chi connectivity index (χ4n) is 1.64. The van der Waals surface area contributed by atoms with Crippen LogP contribution in [0, 0.1) is 10.1 Å². The van der Waals surface area contributed by atoms with E-state index in [2.05, 4.69) is 4.98 Å². The molecule has 0 fully saturated rings. The maximum absolute atomic E-state index is 12.1. The van der Waals surface area contributed by atoms with Gasteiger partial charge < -0.3 is 4.98 Å². The van der Waals surface area contributed by atoms with Gasteiger partial charge in [0.05, 0.1) is 4.92 Å². The number of hydrogen-bond acceptors (Lipinski definition) is 3. The summed E-state index contributed by atoms with van der Waals surface area (Å²) in [5.41, 5.74) is 0.602. The standard InChI is InChI=1S/C12H7F3N2O3/c13-12(14,15)11(18)4-1-7-6-16-10-3-2-8(17(19)20)5-9(7)10/h1-6,16H/b4-1+. The Bertz CT molecular complexity index is 716. The number of nitrogens with one attached hydrogen (secondary N) is 1. The summed E-state index contributed by atoms with van der Waals surface area (Å²) in [5.74, 6) is -1.99. The Kier molecular flexibility index (Phi) is 3.31. The van der Waals surface area contributed by atoms with Crippen molar-refractivity contribution in [1.82, 2.24) is 4.98 Å². The number of nitro groups is 1. The molecule has 0 aliphatic rings. The molecule has 0 aliphatic carbocycles. The molecule has 1 heterocycles. The number of halogens is 3. The van der Waals surface area contributed by atoms with E-state index in [4.69, 9.17) is 0 Å². The first kappa shape index (κ1) is 13.8. The number of ketones is 1. The number of nitrogens with zero attached hydrogens (tertiary/aromatic N) is 1. The Morgan fingerprint density at radius 1 is 1.35 bits per heavy atom. The average Bonchev–Trinajstić information content (AvgIpc) is 2.76. The Hall–Kier alpha value is -2.64. The molecule has 0 bridgehead atoms. The molecule has 0 radical (unpaired) electrons. The number of non-ortho nitro benzene ring substituents is 1. The van der Waals surface area contributed by atoms with Gasteiger partial charge in [0.2, 0.25) is 0 Å². The Morgan fingerprint density at radius 2 is 2.05 bits per heavy atom. The zero-order chi connectivity index (χ0) is 14.9. The van der Waals surface area contributed by atoms with Gasteiger partial charge in [0.15, 0.2) is 0 Å². The Morgan fingerprint density at radius 3 is 2.65 bits per heavy atom. The van der Waals surface area contributed by atoms with Crippen LogP contribution in [0.5, 0.6) is 0 Å². The largest absolute Gasteiger partial charge is 0.454 e. The minimum absolute atomic E-state index is 0.186. The molecule has 0 saturated heterocycles. The lowest BCUT2D eigenvalue weighted by Gasteiger charge is -1.99. The van der Waals surface area contributed by atoms with Crippen LogP contribution < -0.4 is 0 Å². The van der Waals surface area contributed by atoms with E-state index >= 15 is 0 Å². The van der Waals surface area contributed by atoms with Gasteiger partial charge in [-0.3, -0.25) is 14.9 Å². The van der Waals surface area contributed by atoms with Crippen LogP contribution in [0.2, 0.25) is 0 Å². The number of fused-ring (bicyclic) bond motifs is 1. The third-order valence-corrected chi connectivity index (χ3v) is 2.60. The van der Waals surface area contributed by atoms with Crippen LogP contribution in [-0.2, 0) is 4.79 Å². The van der Waals surface area contributed by atoms with Crippen molar-refractivity contribution in [1.29, 1.82) is 0 Å². The molecule has 8 heteroatoms. The number of aromatic nitrogens is 1. The molecule has 0 amide bonds. The minimum atomic E-state index is -4.94. The maximum atomic E-state index is 12.1. The van der Waals surface area contributed by atoms with Crippen molar-refractivity contribution in [3.05, 3.63) is 46.1 Å². The van der Waals surface area contributed by atoms with Crippen LogP contribution in [-0.4, -0.2) is 21.9 Å². The lowest BCUT2D eigenvalue weighted by Crippen LogP contribution is -2.19. The number of alkyl halides is 3. The van der Waals surface area contributed by atoms with Crippen LogP contribution >= 0.6 is 0 Å². The summed E-state index contributed by atoms with van der Waals surface area (Å²) < 4.78 is 36.2. The van der Waals surface area contributed by atoms with Crippen molar-refractivity contribution >= 4 is 28.4 Å². The number of carbonyl (C=O) groups is 1. The van der Waals surface area contributed by atoms with Gasteiger partial charge >= 0.3 is 6.18 Å². The fraction of sp³-hybridized carbons (Fsp3) is 0.0833. The molecule has 20 heavy (non-hydrogen) atoms. The molecule has 2 rings (SSSR count). The predicted octanol–water partition coefficient (Wildman–Crippen LogP) is 3.22. The number of aromatic amines is 1. The van der Waals surface area contributed by atoms with Gasteiger partial charge in [-0.2, -0.15) is 13.2 Å². The smallest absolute Gasteiger partial charge is 0.361 e. The number of benzene rings is 1. The highest BCUT2D eigenvalue weighted by atomic mass is 19.4. The van der Waals surface area contributed by atoms with Crippen LogP contribution in [0.3, 0.4) is 0 Å². The fourth-order valence-corrected chi connectivity index (χ4v) is 1.64. The van der Waals surface area contributed by atoms with Crippen LogP contribution in [0.4, 0.5) is 18.9 Å². The molecule has 1 aromatic carbocycles. The number of carbonyl (C=O) groups excluding carboxylic acids is 1. The lowest BCUT2D eigenvalue weighted by molar-refractivity contribution is -0.384. The molecule has 0 atom stereocenters. The van der Waals surface area contributed by atoms with Gasteiger partial charge in [0.25, 0.3) is 11.5 Å². The monoisotopic (exact) mass is 284 g/mol. The van der Waals surface area contributed by atoms with E-state index in [1.165, 1.54) is 24.4 Å². The zero-order valence-corrected chi connectivity index (χ0v) is 9.77. The third-order valence-electron chi connectivity index (χ3n) is 2.60. The minimum Gasteiger partial charge on any atom is -0.361 e. The van der Waals surface area contributed by atoms with Gasteiger partial charge in [-0.1, -0.05) is 0 Å². The zero-order valence-electron chi connectivity index (χ0n) is 9.77. The molecule has 5 nitrogen and oxygen atoms in total. The molecular weight excluding hydrogens is 277 g/mol. The van der Waals surface area contributed by atoms with E-state index in [0.717, 1.165) is 6.08 Å². The normalized spacial score (nSPS) is 12.2. The topological polar surface area (TPSA) is 76.0 Å². The van der Waals surface area contributed by atoms with Gasteiger partial charge in [-0.25, -0.2) is 0 Å². The van der Waals surface area contributed by atoms with Crippen LogP contribution in [0.1, 0.15) is 5.56 Å². The molecule has 0 saturated carbocycles. The van der Waals surface area contributed by atoms with Crippen molar-refractivity contribution in [3.8, 4) is 0 Å². The molecule has 2 aromatic rings. The summed E-state index contributed by atoms with van der Waals surface area (Å²) in [7, 11) is 0. The van der Waals surface area contributed by atoms with E-state index in [0.29, 0.717) is 17.0 Å². The summed E-state index contributed by atoms with van der Waals surface area (Å²) in [6.07, 6.45) is -2.21. The highest BCUT2D eigenvalue weighted by molar-refractivity contribution is 6.00. The Balaban J connectivity index is 2.40. The number of nitro benzene ring substituents is 1. The van der Waals surface area contributed by atoms with Crippen molar-refractivity contribution in [3.63, 3.8) is 0 Å². The van der Waals surface area contributed by atoms with E-state index in [1.54, 1.807) is 0 Å². The molecular formula is C12H7F3N2O3. The van der Waals surface area contributed by atoms with E-state index in [9.17, 15) is 28.1 Å². The molecule has 1 N–H and O–H groups in total. The lowest BCUT2D eigenvalue weighted by atomic mass is 10.1. The van der Waals surface area contributed by atoms with Crippen molar-refractivity contribution in [2.24, 2.45) is 0 Å². The quantitative estimate of drug-likeness (QED) is 0.534. The molecule has 0 spiro atoms. The van der Waals surface area contributed by atoms with Crippen LogP contribution in [0.15, 0.2) is 30.5 Å². The van der Waals surface area contributed by atoms with Crippen molar-refractivity contribution in [2.75, 3.05) is 0 Å². The molecule has 104 valence electrons. The number of rotatable bonds is 3. The van der Waals surface area contributed by atoms with Gasteiger partial charge in [-0.15, -0.1) is 0 Å². The molecule has 0 aliphatic heterocycles. The highest BCUT2D eigenvalue weighted by Gasteiger charge is 2.36. The second kappa shape index (κ2) is 4.80. The third kappa shape index (κ3) is 2.68. The summed E-state index contributed by atoms with van der Waals surface area (Å²) in [6, 6.07) is 3.94. The van der Waals surface area contributed by atoms with Gasteiger partial charge in [-0.05, 0) is 18.2 Å². The maximum Gasteiger partial charge on any atom is 0.454 e. The van der Waals surface area contributed by atoms with Gasteiger partial charge in [0, 0.05) is 34.8 Å². The Labute approximate surface area is 109 Å². The second-order valence-corrected chi connectivity index (χ2v) is 3.93. The first-order valence-corrected chi connectivity index (χ1v) is 5.34.